The molecule has 0 radical (unpaired) electrons. The molecule has 11 heteroatoms. The van der Waals surface area contributed by atoms with Crippen molar-refractivity contribution in [3.8, 4) is 17.2 Å². The molecule has 3 rings (SSSR count). The summed E-state index contributed by atoms with van der Waals surface area (Å²) in [6.45, 7) is 2.89. The first-order chi connectivity index (χ1) is 15.3. The molecule has 0 aliphatic carbocycles. The highest BCUT2D eigenvalue weighted by molar-refractivity contribution is 5.87. The number of aliphatic hydroxyl groups is 4. The number of hydrogen-bond acceptors (Lipinski definition) is 11. The summed E-state index contributed by atoms with van der Waals surface area (Å²) in [5.74, 6) is -1.25. The van der Waals surface area contributed by atoms with E-state index in [0.29, 0.717) is 12.4 Å². The fraction of sp³-hybridized carbons (Fsp3) is 0.524. The van der Waals surface area contributed by atoms with Crippen LogP contribution in [-0.2, 0) is 9.53 Å². The number of carbonyl (C=O) groups excluding carboxylic acids is 1. The van der Waals surface area contributed by atoms with Gasteiger partial charge in [0.1, 0.15) is 35.7 Å². The van der Waals surface area contributed by atoms with E-state index in [9.17, 15) is 30.0 Å². The minimum Gasteiger partial charge on any atom is -0.493 e. The summed E-state index contributed by atoms with van der Waals surface area (Å²) >= 11 is 0. The van der Waals surface area contributed by atoms with Crippen molar-refractivity contribution in [1.82, 2.24) is 0 Å². The lowest BCUT2D eigenvalue weighted by molar-refractivity contribution is -0.277. The largest absolute Gasteiger partial charge is 0.493 e. The van der Waals surface area contributed by atoms with E-state index in [1.165, 1.54) is 12.1 Å². The number of fused-ring (bicyclic) bond motifs is 1. The Bertz CT molecular complexity index is 999. The first kappa shape index (κ1) is 24.0. The van der Waals surface area contributed by atoms with Gasteiger partial charge in [0.15, 0.2) is 5.75 Å². The Morgan fingerprint density at radius 2 is 1.88 bits per heavy atom. The van der Waals surface area contributed by atoms with Crippen molar-refractivity contribution in [3.63, 3.8) is 0 Å². The highest BCUT2D eigenvalue weighted by Crippen LogP contribution is 2.37. The summed E-state index contributed by atoms with van der Waals surface area (Å²) in [5, 5.41) is 39.8. The molecule has 1 aromatic carbocycles. The van der Waals surface area contributed by atoms with Crippen molar-refractivity contribution in [2.45, 2.75) is 57.4 Å². The number of ether oxygens (including phenoxy) is 4. The predicted octanol–water partition coefficient (Wildman–Crippen LogP) is 0.0759. The maximum Gasteiger partial charge on any atom is 0.383 e. The van der Waals surface area contributed by atoms with Gasteiger partial charge in [0.05, 0.1) is 18.6 Å². The summed E-state index contributed by atoms with van der Waals surface area (Å²) in [4.78, 5) is 24.1. The van der Waals surface area contributed by atoms with E-state index in [2.05, 4.69) is 0 Å². The molecule has 1 aliphatic rings. The van der Waals surface area contributed by atoms with E-state index in [0.717, 1.165) is 19.8 Å². The van der Waals surface area contributed by atoms with E-state index in [1.54, 1.807) is 6.07 Å². The normalized spacial score (nSPS) is 25.5. The summed E-state index contributed by atoms with van der Waals surface area (Å²) < 4.78 is 26.8. The number of rotatable bonds is 8. The van der Waals surface area contributed by atoms with Crippen molar-refractivity contribution in [2.24, 2.45) is 0 Å². The van der Waals surface area contributed by atoms with Gasteiger partial charge < -0.3 is 43.8 Å². The van der Waals surface area contributed by atoms with Crippen molar-refractivity contribution in [1.29, 1.82) is 0 Å². The third-order valence-corrected chi connectivity index (χ3v) is 4.89. The highest BCUT2D eigenvalue weighted by Gasteiger charge is 2.45. The number of unbranched alkanes of at least 4 members (excludes halogenated alkanes) is 1. The molecule has 5 atom stereocenters. The second-order valence-electron chi connectivity index (χ2n) is 7.32. The van der Waals surface area contributed by atoms with Crippen LogP contribution in [-0.4, -0.2) is 70.3 Å². The zero-order chi connectivity index (χ0) is 23.4. The molecule has 1 fully saturated rings. The molecule has 2 heterocycles. The van der Waals surface area contributed by atoms with Gasteiger partial charge in [-0.1, -0.05) is 13.3 Å². The van der Waals surface area contributed by atoms with Gasteiger partial charge in [-0.15, -0.1) is 0 Å². The average Bonchev–Trinajstić information content (AvgIpc) is 2.76. The molecule has 1 aliphatic heterocycles. The third-order valence-electron chi connectivity index (χ3n) is 4.89. The minimum atomic E-state index is -1.74. The van der Waals surface area contributed by atoms with Crippen LogP contribution in [0.1, 0.15) is 26.7 Å². The first-order valence-electron chi connectivity index (χ1n) is 10.2. The average molecular weight is 454 g/mol. The topological polar surface area (TPSA) is 165 Å². The van der Waals surface area contributed by atoms with Gasteiger partial charge in [0, 0.05) is 13.0 Å². The molecule has 32 heavy (non-hydrogen) atoms. The maximum atomic E-state index is 12.5. The molecule has 0 amide bonds. The minimum absolute atomic E-state index is 0.0551. The quantitative estimate of drug-likeness (QED) is 0.242. The standard InChI is InChI=1S/C21H26O11/c1-3-4-7-28-11-5-6-12-13(8-11)30-20(27)19(29-10(2)23)18(12)32-21-17(26)16(25)15(24)14(9-22)31-21/h5-6,8,14-17,21-22,24-26H,3-4,7,9H2,1-2H3/t14-,15-,16+,17-,21+/m1/s1. The van der Waals surface area contributed by atoms with Crippen LogP contribution in [0.25, 0.3) is 11.0 Å². The van der Waals surface area contributed by atoms with Gasteiger partial charge in [-0.3, -0.25) is 4.79 Å². The van der Waals surface area contributed by atoms with E-state index >= 15 is 0 Å². The Morgan fingerprint density at radius 3 is 2.53 bits per heavy atom. The summed E-state index contributed by atoms with van der Waals surface area (Å²) in [5.41, 5.74) is -0.975. The van der Waals surface area contributed by atoms with Crippen LogP contribution in [0.2, 0.25) is 0 Å². The van der Waals surface area contributed by atoms with Gasteiger partial charge in [-0.05, 0) is 18.6 Å². The Hall–Kier alpha value is -2.70. The van der Waals surface area contributed by atoms with Crippen molar-refractivity contribution in [2.75, 3.05) is 13.2 Å². The molecular formula is C21H26O11. The summed E-state index contributed by atoms with van der Waals surface area (Å²) in [6, 6.07) is 4.56. The van der Waals surface area contributed by atoms with E-state index in [4.69, 9.17) is 23.4 Å². The van der Waals surface area contributed by atoms with Crippen LogP contribution in [0.15, 0.2) is 27.4 Å². The van der Waals surface area contributed by atoms with Crippen LogP contribution >= 0.6 is 0 Å². The van der Waals surface area contributed by atoms with Crippen molar-refractivity contribution < 1.29 is 48.6 Å². The van der Waals surface area contributed by atoms with E-state index in [-0.39, 0.29) is 16.7 Å². The Balaban J connectivity index is 2.03. The van der Waals surface area contributed by atoms with Gasteiger partial charge >= 0.3 is 11.6 Å². The molecule has 1 aromatic heterocycles. The van der Waals surface area contributed by atoms with Crippen LogP contribution < -0.4 is 19.8 Å². The first-order valence-corrected chi connectivity index (χ1v) is 10.2. The third kappa shape index (κ3) is 5.03. The SMILES string of the molecule is CCCCOc1ccc2c(O[C@@H]3O[C@H](CO)[C@@H](O)[C@H](O)[C@H]3O)c(OC(C)=O)c(=O)oc2c1. The number of hydrogen-bond donors (Lipinski definition) is 4. The summed E-state index contributed by atoms with van der Waals surface area (Å²) in [7, 11) is 0. The number of carbonyl (C=O) groups is 1. The fourth-order valence-electron chi connectivity index (χ4n) is 3.19. The van der Waals surface area contributed by atoms with Gasteiger partial charge in [-0.2, -0.15) is 0 Å². The molecule has 0 unspecified atom stereocenters. The van der Waals surface area contributed by atoms with Gasteiger partial charge in [0.25, 0.3) is 5.75 Å². The van der Waals surface area contributed by atoms with E-state index < -0.39 is 54.7 Å². The second kappa shape index (κ2) is 10.3. The zero-order valence-electron chi connectivity index (χ0n) is 17.6. The Kier molecular flexibility index (Phi) is 7.69. The lowest BCUT2D eigenvalue weighted by atomic mass is 9.99. The molecule has 11 nitrogen and oxygen atoms in total. The monoisotopic (exact) mass is 454 g/mol. The maximum absolute atomic E-state index is 12.5. The van der Waals surface area contributed by atoms with E-state index in [1.807, 2.05) is 6.92 Å². The second-order valence-corrected chi connectivity index (χ2v) is 7.32. The predicted molar refractivity (Wildman–Crippen MR) is 109 cm³/mol. The highest BCUT2D eigenvalue weighted by atomic mass is 16.7. The number of benzene rings is 1. The van der Waals surface area contributed by atoms with Gasteiger partial charge in [0.2, 0.25) is 6.29 Å². The lowest BCUT2D eigenvalue weighted by Gasteiger charge is -2.39. The van der Waals surface area contributed by atoms with Crippen molar-refractivity contribution >= 4 is 16.9 Å². The Labute approximate surface area is 182 Å². The molecular weight excluding hydrogens is 428 g/mol. The zero-order valence-corrected chi connectivity index (χ0v) is 17.6. The smallest absolute Gasteiger partial charge is 0.383 e. The summed E-state index contributed by atoms with van der Waals surface area (Å²) in [6.07, 6.45) is -6.11. The number of aliphatic hydroxyl groups excluding tert-OH is 4. The fourth-order valence-corrected chi connectivity index (χ4v) is 3.19. The Morgan fingerprint density at radius 1 is 1.12 bits per heavy atom. The lowest BCUT2D eigenvalue weighted by Crippen LogP contribution is -2.60. The molecule has 2 aromatic rings. The molecule has 0 saturated carbocycles. The molecule has 1 saturated heterocycles. The van der Waals surface area contributed by atoms with Crippen molar-refractivity contribution in [3.05, 3.63) is 28.6 Å². The molecule has 0 spiro atoms. The molecule has 0 bridgehead atoms. The van der Waals surface area contributed by atoms with Gasteiger partial charge in [-0.25, -0.2) is 4.79 Å². The number of esters is 1. The van der Waals surface area contributed by atoms with Crippen LogP contribution in [0.5, 0.6) is 17.2 Å². The molecule has 176 valence electrons. The van der Waals surface area contributed by atoms with Crippen LogP contribution in [0.3, 0.4) is 0 Å². The van der Waals surface area contributed by atoms with Crippen LogP contribution in [0, 0.1) is 0 Å². The van der Waals surface area contributed by atoms with Crippen LogP contribution in [0.4, 0.5) is 0 Å². The molecule has 4 N–H and O–H groups in total.